The first-order chi connectivity index (χ1) is 6.66. The molecular weight excluding hydrogens is 172 g/mol. The maximum atomic E-state index is 3.46. The van der Waals surface area contributed by atoms with Crippen LogP contribution in [0, 0.1) is 5.92 Å². The number of nitrogens with zero attached hydrogens (tertiary/aromatic N) is 1. The fourth-order valence-corrected chi connectivity index (χ4v) is 1.29. The quantitative estimate of drug-likeness (QED) is 0.575. The van der Waals surface area contributed by atoms with E-state index in [0.717, 1.165) is 12.5 Å². The van der Waals surface area contributed by atoms with Crippen LogP contribution in [0.4, 0.5) is 0 Å². The van der Waals surface area contributed by atoms with Crippen molar-refractivity contribution in [2.45, 2.75) is 40.0 Å². The van der Waals surface area contributed by atoms with E-state index in [2.05, 4.69) is 38.0 Å². The zero-order chi connectivity index (χ0) is 10.8. The van der Waals surface area contributed by atoms with Crippen molar-refractivity contribution < 1.29 is 0 Å². The maximum Gasteiger partial charge on any atom is 0.0104 e. The molecule has 0 amide bonds. The lowest BCUT2D eigenvalue weighted by Crippen LogP contribution is -2.30. The molecule has 14 heavy (non-hydrogen) atoms. The minimum Gasteiger partial charge on any atom is -0.315 e. The van der Waals surface area contributed by atoms with Crippen LogP contribution in [0.1, 0.15) is 40.0 Å². The molecule has 86 valence electrons. The van der Waals surface area contributed by atoms with Gasteiger partial charge < -0.3 is 10.2 Å². The molecule has 1 N–H and O–H groups in total. The minimum absolute atomic E-state index is 0.825. The predicted octanol–water partition coefficient (Wildman–Crippen LogP) is 2.35. The van der Waals surface area contributed by atoms with Gasteiger partial charge in [-0.1, -0.05) is 27.2 Å². The Morgan fingerprint density at radius 1 is 1.14 bits per heavy atom. The second-order valence-corrected chi connectivity index (χ2v) is 4.59. The van der Waals surface area contributed by atoms with Crippen molar-refractivity contribution in [3.63, 3.8) is 0 Å². The fourth-order valence-electron chi connectivity index (χ4n) is 1.29. The normalized spacial score (nSPS) is 11.6. The highest BCUT2D eigenvalue weighted by molar-refractivity contribution is 4.56. The van der Waals surface area contributed by atoms with Crippen LogP contribution in [0.25, 0.3) is 0 Å². The van der Waals surface area contributed by atoms with E-state index in [0.29, 0.717) is 0 Å². The Kier molecular flexibility index (Phi) is 9.42. The van der Waals surface area contributed by atoms with Gasteiger partial charge in [-0.25, -0.2) is 0 Å². The van der Waals surface area contributed by atoms with Crippen LogP contribution in [-0.2, 0) is 0 Å². The summed E-state index contributed by atoms with van der Waals surface area (Å²) >= 11 is 0. The van der Waals surface area contributed by atoms with Gasteiger partial charge in [0.1, 0.15) is 0 Å². The highest BCUT2D eigenvalue weighted by atomic mass is 15.1. The Hall–Kier alpha value is -0.0800. The third kappa shape index (κ3) is 10.0. The third-order valence-corrected chi connectivity index (χ3v) is 2.47. The molecular formula is C12H28N2. The lowest BCUT2D eigenvalue weighted by atomic mass is 10.1. The molecule has 0 atom stereocenters. The fraction of sp³-hybridized carbons (Fsp3) is 1.00. The van der Waals surface area contributed by atoms with Gasteiger partial charge in [-0.15, -0.1) is 0 Å². The summed E-state index contributed by atoms with van der Waals surface area (Å²) in [6, 6.07) is 0. The van der Waals surface area contributed by atoms with E-state index >= 15 is 0 Å². The van der Waals surface area contributed by atoms with Crippen LogP contribution in [0.2, 0.25) is 0 Å². The van der Waals surface area contributed by atoms with Crippen molar-refractivity contribution in [3.05, 3.63) is 0 Å². The Bertz CT molecular complexity index is 113. The number of hydrogen-bond acceptors (Lipinski definition) is 2. The highest BCUT2D eigenvalue weighted by Crippen LogP contribution is 1.99. The van der Waals surface area contributed by atoms with E-state index in [1.165, 1.54) is 38.9 Å². The van der Waals surface area contributed by atoms with Crippen molar-refractivity contribution in [1.82, 2.24) is 10.2 Å². The molecule has 2 heteroatoms. The molecule has 0 aliphatic heterocycles. The summed E-state index contributed by atoms with van der Waals surface area (Å²) in [4.78, 5) is 2.42. The van der Waals surface area contributed by atoms with Gasteiger partial charge in [0.25, 0.3) is 0 Å². The van der Waals surface area contributed by atoms with Crippen molar-refractivity contribution >= 4 is 0 Å². The summed E-state index contributed by atoms with van der Waals surface area (Å²) in [5, 5.41) is 3.46. The number of likely N-dealkylation sites (N-methyl/N-ethyl adjacent to an activating group) is 1. The van der Waals surface area contributed by atoms with Crippen molar-refractivity contribution in [3.8, 4) is 0 Å². The SMILES string of the molecule is CCCCNCCN(C)CCC(C)C. The number of rotatable bonds is 9. The molecule has 2 nitrogen and oxygen atoms in total. The molecule has 0 aromatic heterocycles. The second kappa shape index (κ2) is 9.47. The van der Waals surface area contributed by atoms with Gasteiger partial charge in [0.2, 0.25) is 0 Å². The van der Waals surface area contributed by atoms with Crippen molar-refractivity contribution in [2.75, 3.05) is 33.2 Å². The van der Waals surface area contributed by atoms with E-state index in [-0.39, 0.29) is 0 Å². The van der Waals surface area contributed by atoms with Gasteiger partial charge in [-0.05, 0) is 38.9 Å². The molecule has 0 rings (SSSR count). The largest absolute Gasteiger partial charge is 0.315 e. The van der Waals surface area contributed by atoms with Gasteiger partial charge >= 0.3 is 0 Å². The van der Waals surface area contributed by atoms with Crippen LogP contribution in [-0.4, -0.2) is 38.1 Å². The zero-order valence-corrected chi connectivity index (χ0v) is 10.5. The average molecular weight is 200 g/mol. The second-order valence-electron chi connectivity index (χ2n) is 4.59. The molecule has 0 unspecified atom stereocenters. The van der Waals surface area contributed by atoms with Gasteiger partial charge in [0, 0.05) is 13.1 Å². The van der Waals surface area contributed by atoms with Crippen LogP contribution in [0.15, 0.2) is 0 Å². The third-order valence-electron chi connectivity index (χ3n) is 2.47. The summed E-state index contributed by atoms with van der Waals surface area (Å²) in [6.45, 7) is 11.5. The van der Waals surface area contributed by atoms with E-state index in [4.69, 9.17) is 0 Å². The Labute approximate surface area is 90.1 Å². The van der Waals surface area contributed by atoms with E-state index in [1.807, 2.05) is 0 Å². The number of hydrogen-bond donors (Lipinski definition) is 1. The van der Waals surface area contributed by atoms with Crippen molar-refractivity contribution in [1.29, 1.82) is 0 Å². The average Bonchev–Trinajstić information content (AvgIpc) is 2.14. The number of nitrogens with one attached hydrogen (secondary N) is 1. The first kappa shape index (κ1) is 13.9. The zero-order valence-electron chi connectivity index (χ0n) is 10.5. The lowest BCUT2D eigenvalue weighted by molar-refractivity contribution is 0.309. The highest BCUT2D eigenvalue weighted by Gasteiger charge is 1.99. The van der Waals surface area contributed by atoms with Crippen LogP contribution >= 0.6 is 0 Å². The monoisotopic (exact) mass is 200 g/mol. The Balaban J connectivity index is 3.14. The van der Waals surface area contributed by atoms with Crippen LogP contribution < -0.4 is 5.32 Å². The van der Waals surface area contributed by atoms with Gasteiger partial charge in [-0.3, -0.25) is 0 Å². The summed E-state index contributed by atoms with van der Waals surface area (Å²) in [7, 11) is 2.21. The Morgan fingerprint density at radius 2 is 1.86 bits per heavy atom. The molecule has 0 spiro atoms. The molecule has 0 aliphatic rings. The molecule has 0 aromatic rings. The minimum atomic E-state index is 0.825. The first-order valence-corrected chi connectivity index (χ1v) is 6.06. The topological polar surface area (TPSA) is 15.3 Å². The predicted molar refractivity (Wildman–Crippen MR) is 64.7 cm³/mol. The standard InChI is InChI=1S/C12H28N2/c1-5-6-8-13-9-11-14(4)10-7-12(2)3/h12-13H,5-11H2,1-4H3. The lowest BCUT2D eigenvalue weighted by Gasteiger charge is -2.17. The van der Waals surface area contributed by atoms with Crippen LogP contribution in [0.3, 0.4) is 0 Å². The van der Waals surface area contributed by atoms with E-state index < -0.39 is 0 Å². The van der Waals surface area contributed by atoms with Gasteiger partial charge in [0.15, 0.2) is 0 Å². The molecule has 0 aromatic carbocycles. The summed E-state index contributed by atoms with van der Waals surface area (Å²) in [5.74, 6) is 0.825. The van der Waals surface area contributed by atoms with Gasteiger partial charge in [0.05, 0.1) is 0 Å². The molecule has 0 heterocycles. The molecule has 0 saturated carbocycles. The summed E-state index contributed by atoms with van der Waals surface area (Å²) < 4.78 is 0. The maximum absolute atomic E-state index is 3.46. The smallest absolute Gasteiger partial charge is 0.0104 e. The Morgan fingerprint density at radius 3 is 2.43 bits per heavy atom. The molecule has 0 bridgehead atoms. The molecule has 0 radical (unpaired) electrons. The van der Waals surface area contributed by atoms with Gasteiger partial charge in [-0.2, -0.15) is 0 Å². The summed E-state index contributed by atoms with van der Waals surface area (Å²) in [6.07, 6.45) is 3.90. The van der Waals surface area contributed by atoms with E-state index in [9.17, 15) is 0 Å². The molecule has 0 aliphatic carbocycles. The van der Waals surface area contributed by atoms with Crippen molar-refractivity contribution in [2.24, 2.45) is 5.92 Å². The first-order valence-electron chi connectivity index (χ1n) is 6.06. The molecule has 0 saturated heterocycles. The van der Waals surface area contributed by atoms with Crippen LogP contribution in [0.5, 0.6) is 0 Å². The summed E-state index contributed by atoms with van der Waals surface area (Å²) in [5.41, 5.74) is 0. The number of unbranched alkanes of at least 4 members (excludes halogenated alkanes) is 1. The molecule has 0 fully saturated rings. The van der Waals surface area contributed by atoms with E-state index in [1.54, 1.807) is 0 Å².